The summed E-state index contributed by atoms with van der Waals surface area (Å²) < 4.78 is 17.6. The van der Waals surface area contributed by atoms with Crippen LogP contribution >= 0.6 is 0 Å². The molecule has 0 spiro atoms. The molecule has 5 rings (SSSR count). The van der Waals surface area contributed by atoms with Crippen LogP contribution in [-0.2, 0) is 6.54 Å². The molecule has 0 saturated heterocycles. The molecule has 116 valence electrons. The smallest absolute Gasteiger partial charge is 0.236 e. The Morgan fingerprint density at radius 3 is 2.54 bits per heavy atom. The zero-order valence-corrected chi connectivity index (χ0v) is 12.7. The highest BCUT2D eigenvalue weighted by molar-refractivity contribution is 6.08. The summed E-state index contributed by atoms with van der Waals surface area (Å²) in [6.45, 7) is 0.532. The fraction of sp³-hybridized carbons (Fsp3) is 0.0526. The van der Waals surface area contributed by atoms with E-state index in [1.165, 1.54) is 6.07 Å². The molecule has 0 aliphatic carbocycles. The first-order chi connectivity index (χ1) is 11.8. The number of fused-ring (bicyclic) bond motifs is 2. The summed E-state index contributed by atoms with van der Waals surface area (Å²) in [5.41, 5.74) is 3.02. The molecular formula is C19H13FN4. The molecule has 0 aliphatic rings. The second kappa shape index (κ2) is 4.89. The lowest BCUT2D eigenvalue weighted by Gasteiger charge is -2.16. The summed E-state index contributed by atoms with van der Waals surface area (Å²) >= 11 is 0. The molecule has 0 amide bonds. The predicted octanol–water partition coefficient (Wildman–Crippen LogP) is 4.02. The summed E-state index contributed by atoms with van der Waals surface area (Å²) in [4.78, 5) is 0. The molecule has 0 radical (unpaired) electrons. The zero-order valence-electron chi connectivity index (χ0n) is 12.7. The Morgan fingerprint density at radius 1 is 0.917 bits per heavy atom. The second-order valence-corrected chi connectivity index (χ2v) is 5.87. The maximum Gasteiger partial charge on any atom is 0.236 e. The SMILES string of the molecule is Fc1cccc(Cn2c3cccc4cccc(c43)n3cnnc23)c1. The van der Waals surface area contributed by atoms with E-state index in [4.69, 9.17) is 0 Å². The average molecular weight is 316 g/mol. The van der Waals surface area contributed by atoms with Gasteiger partial charge in [0.15, 0.2) is 0 Å². The fourth-order valence-electron chi connectivity index (χ4n) is 3.39. The lowest BCUT2D eigenvalue weighted by atomic mass is 10.1. The van der Waals surface area contributed by atoms with Crippen molar-refractivity contribution in [2.45, 2.75) is 6.54 Å². The topological polar surface area (TPSA) is 35.1 Å². The van der Waals surface area contributed by atoms with Crippen LogP contribution in [-0.4, -0.2) is 19.2 Å². The van der Waals surface area contributed by atoms with Crippen molar-refractivity contribution in [2.24, 2.45) is 0 Å². The summed E-state index contributed by atoms with van der Waals surface area (Å²) in [5.74, 6) is 0.509. The Labute approximate surface area is 136 Å². The third-order valence-electron chi connectivity index (χ3n) is 4.41. The van der Waals surface area contributed by atoms with Gasteiger partial charge in [-0.3, -0.25) is 4.40 Å². The van der Waals surface area contributed by atoms with Crippen molar-refractivity contribution < 1.29 is 4.39 Å². The maximum atomic E-state index is 13.6. The molecule has 0 fully saturated rings. The van der Waals surface area contributed by atoms with Gasteiger partial charge in [-0.2, -0.15) is 0 Å². The van der Waals surface area contributed by atoms with Gasteiger partial charge < -0.3 is 4.57 Å². The molecule has 0 atom stereocenters. The highest BCUT2D eigenvalue weighted by Gasteiger charge is 2.13. The molecular weight excluding hydrogens is 303 g/mol. The molecule has 0 aliphatic heterocycles. The number of hydrogen-bond donors (Lipinski definition) is 0. The largest absolute Gasteiger partial charge is 0.305 e. The van der Waals surface area contributed by atoms with Crippen LogP contribution in [0.5, 0.6) is 0 Å². The van der Waals surface area contributed by atoms with Crippen LogP contribution < -0.4 is 0 Å². The van der Waals surface area contributed by atoms with Gasteiger partial charge in [0.05, 0.1) is 17.6 Å². The minimum Gasteiger partial charge on any atom is -0.305 e. The molecule has 24 heavy (non-hydrogen) atoms. The van der Waals surface area contributed by atoms with E-state index in [0.717, 1.165) is 33.1 Å². The summed E-state index contributed by atoms with van der Waals surface area (Å²) in [5, 5.41) is 10.7. The van der Waals surface area contributed by atoms with Crippen LogP contribution in [0.25, 0.3) is 27.6 Å². The van der Waals surface area contributed by atoms with E-state index in [0.29, 0.717) is 6.54 Å². The Morgan fingerprint density at radius 2 is 1.71 bits per heavy atom. The van der Waals surface area contributed by atoms with E-state index in [1.54, 1.807) is 18.5 Å². The van der Waals surface area contributed by atoms with Crippen molar-refractivity contribution in [1.29, 1.82) is 0 Å². The molecule has 2 aromatic heterocycles. The van der Waals surface area contributed by atoms with Gasteiger partial charge in [-0.15, -0.1) is 10.2 Å². The lowest BCUT2D eigenvalue weighted by Crippen LogP contribution is -2.08. The quantitative estimate of drug-likeness (QED) is 0.493. The van der Waals surface area contributed by atoms with E-state index >= 15 is 0 Å². The minimum atomic E-state index is -0.232. The zero-order chi connectivity index (χ0) is 16.1. The van der Waals surface area contributed by atoms with Crippen LogP contribution in [0.2, 0.25) is 0 Å². The van der Waals surface area contributed by atoms with Crippen molar-refractivity contribution in [3.05, 3.63) is 78.4 Å². The van der Waals surface area contributed by atoms with Crippen LogP contribution in [0, 0.1) is 5.82 Å². The Balaban J connectivity index is 1.89. The molecule has 5 heteroatoms. The van der Waals surface area contributed by atoms with Gasteiger partial charge in [0.25, 0.3) is 0 Å². The second-order valence-electron chi connectivity index (χ2n) is 5.87. The van der Waals surface area contributed by atoms with Crippen molar-refractivity contribution in [1.82, 2.24) is 19.2 Å². The number of rotatable bonds is 2. The Kier molecular flexibility index (Phi) is 2.70. The molecule has 5 aromatic rings. The normalized spacial score (nSPS) is 11.7. The average Bonchev–Trinajstić information content (AvgIpc) is 3.08. The van der Waals surface area contributed by atoms with Crippen LogP contribution in [0.4, 0.5) is 4.39 Å². The minimum absolute atomic E-state index is 0.232. The standard InChI is InChI=1S/C19H13FN4/c20-15-7-1-4-13(10-15)11-23-16-8-2-5-14-6-3-9-17(18(14)16)24-12-21-22-19(23)24/h1-10,12H,11H2. The van der Waals surface area contributed by atoms with Crippen LogP contribution in [0.3, 0.4) is 0 Å². The number of aromatic nitrogens is 4. The van der Waals surface area contributed by atoms with Gasteiger partial charge >= 0.3 is 0 Å². The molecule has 0 saturated carbocycles. The van der Waals surface area contributed by atoms with E-state index in [1.807, 2.05) is 22.6 Å². The third kappa shape index (κ3) is 1.84. The first kappa shape index (κ1) is 13.2. The van der Waals surface area contributed by atoms with Crippen LogP contribution in [0.15, 0.2) is 67.0 Å². The van der Waals surface area contributed by atoms with E-state index < -0.39 is 0 Å². The number of hydrogen-bond acceptors (Lipinski definition) is 2. The lowest BCUT2D eigenvalue weighted by molar-refractivity contribution is 0.624. The van der Waals surface area contributed by atoms with Gasteiger partial charge in [0.2, 0.25) is 5.78 Å². The monoisotopic (exact) mass is 316 g/mol. The van der Waals surface area contributed by atoms with Crippen molar-refractivity contribution in [3.63, 3.8) is 0 Å². The molecule has 0 N–H and O–H groups in total. The van der Waals surface area contributed by atoms with E-state index in [-0.39, 0.29) is 5.82 Å². The van der Waals surface area contributed by atoms with Crippen molar-refractivity contribution in [3.8, 4) is 0 Å². The predicted molar refractivity (Wildman–Crippen MR) is 91.5 cm³/mol. The molecule has 2 heterocycles. The first-order valence-electron chi connectivity index (χ1n) is 7.75. The van der Waals surface area contributed by atoms with Gasteiger partial charge in [0, 0.05) is 5.39 Å². The first-order valence-corrected chi connectivity index (χ1v) is 7.75. The third-order valence-corrected chi connectivity index (χ3v) is 4.41. The van der Waals surface area contributed by atoms with Gasteiger partial charge in [-0.25, -0.2) is 4.39 Å². The van der Waals surface area contributed by atoms with Gasteiger partial charge in [0.1, 0.15) is 12.1 Å². The van der Waals surface area contributed by atoms with E-state index in [9.17, 15) is 4.39 Å². The van der Waals surface area contributed by atoms with Gasteiger partial charge in [-0.05, 0) is 35.2 Å². The molecule has 3 aromatic carbocycles. The number of benzene rings is 3. The van der Waals surface area contributed by atoms with E-state index in [2.05, 4.69) is 39.0 Å². The highest BCUT2D eigenvalue weighted by Crippen LogP contribution is 2.28. The Bertz CT molecular complexity index is 1200. The number of halogens is 1. The summed E-state index contributed by atoms with van der Waals surface area (Å²) in [7, 11) is 0. The highest BCUT2D eigenvalue weighted by atomic mass is 19.1. The van der Waals surface area contributed by atoms with Gasteiger partial charge in [-0.1, -0.05) is 36.4 Å². The van der Waals surface area contributed by atoms with Crippen molar-refractivity contribution >= 4 is 27.6 Å². The molecule has 0 unspecified atom stereocenters. The molecule has 0 bridgehead atoms. The summed E-state index contributed by atoms with van der Waals surface area (Å²) in [6.07, 6.45) is 1.72. The summed E-state index contributed by atoms with van der Waals surface area (Å²) in [6, 6.07) is 19.1. The Hall–Kier alpha value is -3.21. The van der Waals surface area contributed by atoms with Crippen LogP contribution in [0.1, 0.15) is 5.56 Å². The molecule has 4 nitrogen and oxygen atoms in total. The van der Waals surface area contributed by atoms with Crippen molar-refractivity contribution in [2.75, 3.05) is 0 Å². The fourth-order valence-corrected chi connectivity index (χ4v) is 3.39. The maximum absolute atomic E-state index is 13.6. The number of nitrogens with zero attached hydrogens (tertiary/aromatic N) is 4.